The van der Waals surface area contributed by atoms with Crippen molar-refractivity contribution in [2.24, 2.45) is 5.92 Å². The molecule has 0 bridgehead atoms. The Labute approximate surface area is 132 Å². The fourth-order valence-corrected chi connectivity index (χ4v) is 2.77. The summed E-state index contributed by atoms with van der Waals surface area (Å²) in [5, 5.41) is 3.86. The molecular weight excluding hydrogens is 321 g/mol. The van der Waals surface area contributed by atoms with E-state index in [-0.39, 0.29) is 13.0 Å². The number of piperidine rings is 1. The molecule has 0 aliphatic carbocycles. The van der Waals surface area contributed by atoms with Crippen molar-refractivity contribution < 1.29 is 13.2 Å². The molecule has 1 atom stereocenters. The molecule has 1 heterocycles. The highest BCUT2D eigenvalue weighted by Crippen LogP contribution is 2.33. The van der Waals surface area contributed by atoms with Crippen molar-refractivity contribution in [3.8, 4) is 0 Å². The summed E-state index contributed by atoms with van der Waals surface area (Å²) in [5.74, 6) is -1.31. The van der Waals surface area contributed by atoms with Gasteiger partial charge in [-0.05, 0) is 49.7 Å². The third-order valence-corrected chi connectivity index (χ3v) is 4.36. The van der Waals surface area contributed by atoms with Crippen molar-refractivity contribution in [1.82, 2.24) is 4.90 Å². The van der Waals surface area contributed by atoms with Crippen molar-refractivity contribution >= 4 is 34.6 Å². The van der Waals surface area contributed by atoms with Crippen LogP contribution in [0.5, 0.6) is 0 Å². The highest BCUT2D eigenvalue weighted by Gasteiger charge is 2.42. The number of anilines is 1. The van der Waals surface area contributed by atoms with Crippen molar-refractivity contribution in [2.75, 3.05) is 18.4 Å². The Morgan fingerprint density at radius 1 is 1.43 bits per heavy atom. The van der Waals surface area contributed by atoms with Gasteiger partial charge >= 0.3 is 6.18 Å². The predicted molar refractivity (Wildman–Crippen MR) is 82.8 cm³/mol. The molecule has 7 heteroatoms. The number of nitrogens with zero attached hydrogens (tertiary/aromatic N) is 1. The van der Waals surface area contributed by atoms with Crippen molar-refractivity contribution in [2.45, 2.75) is 25.9 Å². The zero-order chi connectivity index (χ0) is 15.6. The average Bonchev–Trinajstić information content (AvgIpc) is 2.42. The number of likely N-dealkylation sites (tertiary alicyclic amines) is 1. The van der Waals surface area contributed by atoms with Crippen LogP contribution < -0.4 is 5.32 Å². The first-order valence-corrected chi connectivity index (χ1v) is 7.45. The van der Waals surface area contributed by atoms with Crippen LogP contribution in [0.2, 0.25) is 5.02 Å². The van der Waals surface area contributed by atoms with Crippen LogP contribution in [-0.2, 0) is 0 Å². The van der Waals surface area contributed by atoms with E-state index in [2.05, 4.69) is 5.32 Å². The topological polar surface area (TPSA) is 15.3 Å². The molecule has 0 spiro atoms. The number of hydrogen-bond acceptors (Lipinski definition) is 1. The van der Waals surface area contributed by atoms with E-state index < -0.39 is 12.1 Å². The molecule has 1 saturated heterocycles. The number of aryl methyl sites for hydroxylation is 1. The van der Waals surface area contributed by atoms with Crippen LogP contribution in [0.1, 0.15) is 18.4 Å². The largest absolute Gasteiger partial charge is 0.393 e. The molecule has 0 aromatic heterocycles. The molecule has 0 radical (unpaired) electrons. The van der Waals surface area contributed by atoms with E-state index in [4.69, 9.17) is 23.8 Å². The van der Waals surface area contributed by atoms with E-state index in [1.807, 2.05) is 13.0 Å². The smallest absolute Gasteiger partial charge is 0.348 e. The summed E-state index contributed by atoms with van der Waals surface area (Å²) < 4.78 is 38.4. The summed E-state index contributed by atoms with van der Waals surface area (Å²) >= 11 is 11.2. The molecule has 2 nitrogen and oxygen atoms in total. The van der Waals surface area contributed by atoms with E-state index in [1.54, 1.807) is 17.0 Å². The molecule has 1 fully saturated rings. The highest BCUT2D eigenvalue weighted by atomic mass is 35.5. The summed E-state index contributed by atoms with van der Waals surface area (Å²) in [5.41, 5.74) is 1.62. The Balaban J connectivity index is 2.01. The van der Waals surface area contributed by atoms with Crippen molar-refractivity contribution in [3.63, 3.8) is 0 Å². The molecular formula is C14H16ClF3N2S. The van der Waals surface area contributed by atoms with Gasteiger partial charge in [0.15, 0.2) is 5.11 Å². The molecule has 116 valence electrons. The van der Waals surface area contributed by atoms with Gasteiger partial charge in [-0.3, -0.25) is 0 Å². The van der Waals surface area contributed by atoms with Gasteiger partial charge in [0.05, 0.1) is 5.92 Å². The Morgan fingerprint density at radius 2 is 2.14 bits per heavy atom. The minimum Gasteiger partial charge on any atom is -0.348 e. The van der Waals surface area contributed by atoms with Gasteiger partial charge in [-0.1, -0.05) is 17.7 Å². The molecule has 1 aromatic rings. The van der Waals surface area contributed by atoms with Crippen LogP contribution in [0.25, 0.3) is 0 Å². The maximum absolute atomic E-state index is 12.8. The second-order valence-corrected chi connectivity index (χ2v) is 6.01. The lowest BCUT2D eigenvalue weighted by Crippen LogP contribution is -2.46. The zero-order valence-electron chi connectivity index (χ0n) is 11.5. The van der Waals surface area contributed by atoms with Crippen LogP contribution in [0.3, 0.4) is 0 Å². The molecule has 2 rings (SSSR count). The van der Waals surface area contributed by atoms with Gasteiger partial charge in [-0.2, -0.15) is 13.2 Å². The van der Waals surface area contributed by atoms with Crippen molar-refractivity contribution in [3.05, 3.63) is 28.8 Å². The monoisotopic (exact) mass is 336 g/mol. The lowest BCUT2D eigenvalue weighted by molar-refractivity contribution is -0.183. The second-order valence-electron chi connectivity index (χ2n) is 5.22. The third kappa shape index (κ3) is 4.23. The lowest BCUT2D eigenvalue weighted by atomic mass is 9.98. The number of benzene rings is 1. The molecule has 0 unspecified atom stereocenters. The minimum absolute atomic E-state index is 0.0884. The van der Waals surface area contributed by atoms with Gasteiger partial charge in [0.1, 0.15) is 0 Å². The van der Waals surface area contributed by atoms with Crippen LogP contribution >= 0.6 is 23.8 Å². The van der Waals surface area contributed by atoms with Gasteiger partial charge < -0.3 is 10.2 Å². The second kappa shape index (κ2) is 6.40. The molecule has 1 N–H and O–H groups in total. The maximum atomic E-state index is 12.8. The summed E-state index contributed by atoms with van der Waals surface area (Å²) in [6.45, 7) is 2.33. The fourth-order valence-electron chi connectivity index (χ4n) is 2.30. The van der Waals surface area contributed by atoms with Crippen LogP contribution in [0.15, 0.2) is 18.2 Å². The number of nitrogens with one attached hydrogen (secondary N) is 1. The van der Waals surface area contributed by atoms with Crippen LogP contribution in [0.4, 0.5) is 18.9 Å². The van der Waals surface area contributed by atoms with Crippen LogP contribution in [-0.4, -0.2) is 29.3 Å². The number of halogens is 4. The Bertz CT molecular complexity index is 533. The van der Waals surface area contributed by atoms with E-state index in [1.165, 1.54) is 0 Å². The molecule has 0 saturated carbocycles. The average molecular weight is 337 g/mol. The summed E-state index contributed by atoms with van der Waals surface area (Å²) in [6, 6.07) is 5.36. The quantitative estimate of drug-likeness (QED) is 0.753. The standard InChI is InChI=1S/C14H16ClF3N2S/c1-9-4-5-11(7-12(9)15)19-13(21)20-6-2-3-10(8-20)14(16,17)18/h4-5,7,10H,2-3,6,8H2,1H3,(H,19,21)/t10-/m1/s1. The lowest BCUT2D eigenvalue weighted by Gasteiger charge is -2.35. The Kier molecular flexibility index (Phi) is 4.99. The molecule has 0 amide bonds. The van der Waals surface area contributed by atoms with Gasteiger partial charge in [0.25, 0.3) is 0 Å². The van der Waals surface area contributed by atoms with Crippen LogP contribution in [0, 0.1) is 12.8 Å². The molecule has 1 aliphatic heterocycles. The number of rotatable bonds is 1. The zero-order valence-corrected chi connectivity index (χ0v) is 13.1. The van der Waals surface area contributed by atoms with E-state index in [0.29, 0.717) is 28.8 Å². The maximum Gasteiger partial charge on any atom is 0.393 e. The first-order valence-electron chi connectivity index (χ1n) is 6.66. The molecule has 1 aromatic carbocycles. The number of hydrogen-bond donors (Lipinski definition) is 1. The molecule has 1 aliphatic rings. The predicted octanol–water partition coefficient (Wildman–Crippen LogP) is 4.62. The summed E-state index contributed by atoms with van der Waals surface area (Å²) in [4.78, 5) is 1.57. The SMILES string of the molecule is Cc1ccc(NC(=S)N2CCC[C@@H](C(F)(F)F)C2)cc1Cl. The first-order chi connectivity index (χ1) is 9.77. The third-order valence-electron chi connectivity index (χ3n) is 3.59. The van der Waals surface area contributed by atoms with Gasteiger partial charge in [-0.25, -0.2) is 0 Å². The van der Waals surface area contributed by atoms with E-state index in [0.717, 1.165) is 5.56 Å². The first kappa shape index (κ1) is 16.4. The summed E-state index contributed by atoms with van der Waals surface area (Å²) in [7, 11) is 0. The summed E-state index contributed by atoms with van der Waals surface area (Å²) in [6.07, 6.45) is -3.51. The van der Waals surface area contributed by atoms with E-state index >= 15 is 0 Å². The van der Waals surface area contributed by atoms with Gasteiger partial charge in [0.2, 0.25) is 0 Å². The number of thiocarbonyl (C=S) groups is 1. The normalized spacial score (nSPS) is 19.5. The van der Waals surface area contributed by atoms with Crippen molar-refractivity contribution in [1.29, 1.82) is 0 Å². The molecule has 21 heavy (non-hydrogen) atoms. The number of alkyl halides is 3. The fraction of sp³-hybridized carbons (Fsp3) is 0.500. The van der Waals surface area contributed by atoms with E-state index in [9.17, 15) is 13.2 Å². The Hall–Kier alpha value is -1.01. The highest BCUT2D eigenvalue weighted by molar-refractivity contribution is 7.80. The minimum atomic E-state index is -4.17. The Morgan fingerprint density at radius 3 is 2.76 bits per heavy atom. The van der Waals surface area contributed by atoms with Gasteiger partial charge in [0, 0.05) is 23.8 Å². The van der Waals surface area contributed by atoms with Gasteiger partial charge in [-0.15, -0.1) is 0 Å².